The molecule has 0 amide bonds. The highest BCUT2D eigenvalue weighted by Gasteiger charge is 2.14. The molecule has 0 aliphatic carbocycles. The maximum atomic E-state index is 12.0. The molecule has 0 fully saturated rings. The van der Waals surface area contributed by atoms with Crippen LogP contribution in [0.1, 0.15) is 18.1 Å². The van der Waals surface area contributed by atoms with Gasteiger partial charge in [-0.05, 0) is 48.4 Å². The molecule has 0 aliphatic rings. The zero-order valence-electron chi connectivity index (χ0n) is 15.1. The predicted molar refractivity (Wildman–Crippen MR) is 103 cm³/mol. The Labute approximate surface area is 163 Å². The van der Waals surface area contributed by atoms with E-state index in [1.54, 1.807) is 31.2 Å². The third-order valence-electron chi connectivity index (χ3n) is 3.56. The molecule has 0 saturated carbocycles. The number of hydrogen-bond acceptors (Lipinski definition) is 5. The smallest absolute Gasteiger partial charge is 0.349 e. The van der Waals surface area contributed by atoms with Gasteiger partial charge in [-0.3, -0.25) is 0 Å². The molecule has 0 aromatic heterocycles. The molecule has 0 saturated heterocycles. The second-order valence-corrected chi connectivity index (χ2v) is 6.26. The van der Waals surface area contributed by atoms with Gasteiger partial charge in [-0.25, -0.2) is 4.79 Å². The van der Waals surface area contributed by atoms with Crippen LogP contribution in [0.5, 0.6) is 5.75 Å². The number of methoxy groups -OCH3 is 1. The van der Waals surface area contributed by atoms with Gasteiger partial charge in [0.25, 0.3) is 0 Å². The molecule has 0 unspecified atom stereocenters. The van der Waals surface area contributed by atoms with Gasteiger partial charge >= 0.3 is 5.97 Å². The quantitative estimate of drug-likeness (QED) is 0.382. The monoisotopic (exact) mass is 385 g/mol. The summed E-state index contributed by atoms with van der Waals surface area (Å²) >= 11 is 5.86. The largest absolute Gasteiger partial charge is 0.489 e. The van der Waals surface area contributed by atoms with E-state index in [0.717, 1.165) is 5.56 Å². The van der Waals surface area contributed by atoms with Crippen LogP contribution in [0.15, 0.2) is 54.1 Å². The second-order valence-electron chi connectivity index (χ2n) is 5.83. The number of hydrogen-bond donors (Lipinski definition) is 0. The maximum Gasteiger partial charge on any atom is 0.349 e. The molecule has 0 radical (unpaired) electrons. The number of carbonyl (C=O) groups excluding carboxylic acids is 1. The summed E-state index contributed by atoms with van der Waals surface area (Å²) in [7, 11) is 1.52. The number of halogens is 1. The van der Waals surface area contributed by atoms with Crippen molar-refractivity contribution in [3.63, 3.8) is 0 Å². The third-order valence-corrected chi connectivity index (χ3v) is 3.81. The van der Waals surface area contributed by atoms with E-state index in [9.17, 15) is 10.1 Å². The van der Waals surface area contributed by atoms with Crippen molar-refractivity contribution in [1.29, 1.82) is 5.26 Å². The average Bonchev–Trinajstić information content (AvgIpc) is 2.66. The second kappa shape index (κ2) is 10.4. The van der Waals surface area contributed by atoms with Gasteiger partial charge in [0.05, 0.1) is 6.61 Å². The summed E-state index contributed by atoms with van der Waals surface area (Å²) in [6.07, 6.45) is 1.05. The van der Waals surface area contributed by atoms with Gasteiger partial charge < -0.3 is 14.2 Å². The lowest BCUT2D eigenvalue weighted by atomic mass is 10.1. The first-order chi connectivity index (χ1) is 13.0. The first kappa shape index (κ1) is 20.5. The van der Waals surface area contributed by atoms with Crippen LogP contribution in [0.3, 0.4) is 0 Å². The summed E-state index contributed by atoms with van der Waals surface area (Å²) in [4.78, 5) is 12.0. The van der Waals surface area contributed by atoms with Crippen LogP contribution in [0.25, 0.3) is 6.08 Å². The van der Waals surface area contributed by atoms with E-state index in [2.05, 4.69) is 0 Å². The Hall–Kier alpha value is -2.81. The molecule has 27 heavy (non-hydrogen) atoms. The van der Waals surface area contributed by atoms with Crippen molar-refractivity contribution in [2.75, 3.05) is 13.7 Å². The highest BCUT2D eigenvalue weighted by atomic mass is 35.5. The van der Waals surface area contributed by atoms with Crippen LogP contribution in [-0.2, 0) is 20.9 Å². The van der Waals surface area contributed by atoms with Crippen molar-refractivity contribution in [1.82, 2.24) is 0 Å². The fourth-order valence-electron chi connectivity index (χ4n) is 2.23. The lowest BCUT2D eigenvalue weighted by Gasteiger charge is -2.11. The molecule has 140 valence electrons. The van der Waals surface area contributed by atoms with Crippen molar-refractivity contribution in [3.05, 3.63) is 70.3 Å². The minimum absolute atomic E-state index is 0.0761. The number of nitriles is 1. The highest BCUT2D eigenvalue weighted by Crippen LogP contribution is 2.17. The van der Waals surface area contributed by atoms with Crippen molar-refractivity contribution in [3.8, 4) is 11.8 Å². The molecule has 5 nitrogen and oxygen atoms in total. The number of esters is 1. The number of ether oxygens (including phenoxy) is 3. The van der Waals surface area contributed by atoms with Crippen LogP contribution in [0, 0.1) is 11.3 Å². The fourth-order valence-corrected chi connectivity index (χ4v) is 2.35. The maximum absolute atomic E-state index is 12.0. The molecule has 0 spiro atoms. The molecule has 2 rings (SSSR count). The van der Waals surface area contributed by atoms with Gasteiger partial charge in [-0.15, -0.1) is 0 Å². The van der Waals surface area contributed by atoms with E-state index in [1.807, 2.05) is 30.3 Å². The average molecular weight is 386 g/mol. The van der Waals surface area contributed by atoms with Crippen molar-refractivity contribution >= 4 is 23.6 Å². The number of nitrogens with zero attached hydrogens (tertiary/aromatic N) is 1. The lowest BCUT2D eigenvalue weighted by Crippen LogP contribution is -2.20. The first-order valence-corrected chi connectivity index (χ1v) is 8.68. The van der Waals surface area contributed by atoms with Crippen LogP contribution in [0.4, 0.5) is 0 Å². The molecule has 6 heteroatoms. The van der Waals surface area contributed by atoms with E-state index in [4.69, 9.17) is 25.8 Å². The van der Waals surface area contributed by atoms with Crippen LogP contribution < -0.4 is 4.74 Å². The van der Waals surface area contributed by atoms with Gasteiger partial charge in [0.2, 0.25) is 0 Å². The van der Waals surface area contributed by atoms with Gasteiger partial charge in [-0.2, -0.15) is 5.26 Å². The molecular formula is C21H20ClNO4. The van der Waals surface area contributed by atoms with Crippen LogP contribution in [-0.4, -0.2) is 25.8 Å². The number of rotatable bonds is 8. The van der Waals surface area contributed by atoms with Gasteiger partial charge in [0.1, 0.15) is 30.1 Å². The SMILES string of the molecule is COC[C@@H](C)OC(=O)/C(C#N)=C/c1ccc(OCc2ccc(Cl)cc2)cc1. The minimum atomic E-state index is -0.676. The predicted octanol–water partition coefficient (Wildman–Crippen LogP) is 4.40. The number of carbonyl (C=O) groups is 1. The van der Waals surface area contributed by atoms with Crippen LogP contribution in [0.2, 0.25) is 5.02 Å². The van der Waals surface area contributed by atoms with Crippen molar-refractivity contribution in [2.24, 2.45) is 0 Å². The molecule has 0 heterocycles. The first-order valence-electron chi connectivity index (χ1n) is 8.31. The topological polar surface area (TPSA) is 68.5 Å². The fraction of sp³-hybridized carbons (Fsp3) is 0.238. The van der Waals surface area contributed by atoms with E-state index in [1.165, 1.54) is 13.2 Å². The summed E-state index contributed by atoms with van der Waals surface area (Å²) < 4.78 is 15.8. The summed E-state index contributed by atoms with van der Waals surface area (Å²) in [5, 5.41) is 9.88. The highest BCUT2D eigenvalue weighted by molar-refractivity contribution is 6.30. The van der Waals surface area contributed by atoms with Gasteiger partial charge in [0, 0.05) is 12.1 Å². The molecule has 2 aromatic carbocycles. The Balaban J connectivity index is 1.98. The number of benzene rings is 2. The van der Waals surface area contributed by atoms with E-state index >= 15 is 0 Å². The lowest BCUT2D eigenvalue weighted by molar-refractivity contribution is -0.145. The zero-order valence-corrected chi connectivity index (χ0v) is 15.9. The van der Waals surface area contributed by atoms with Gasteiger partial charge in [0.15, 0.2) is 0 Å². The summed E-state index contributed by atoms with van der Waals surface area (Å²) in [5.41, 5.74) is 1.62. The molecule has 1 atom stereocenters. The molecule has 0 N–H and O–H groups in total. The Morgan fingerprint density at radius 2 is 1.85 bits per heavy atom. The van der Waals surface area contributed by atoms with Crippen molar-refractivity contribution < 1.29 is 19.0 Å². The summed E-state index contributed by atoms with van der Waals surface area (Å²) in [6.45, 7) is 2.38. The Bertz CT molecular complexity index is 823. The zero-order chi connectivity index (χ0) is 19.6. The van der Waals surface area contributed by atoms with Crippen molar-refractivity contribution in [2.45, 2.75) is 19.6 Å². The summed E-state index contributed by atoms with van der Waals surface area (Å²) in [5.74, 6) is 0.00187. The van der Waals surface area contributed by atoms with Crippen LogP contribution >= 0.6 is 11.6 Å². The standard InChI is InChI=1S/C21H20ClNO4/c1-15(13-25-2)27-21(24)18(12-23)11-16-5-9-20(10-6-16)26-14-17-3-7-19(22)8-4-17/h3-11,15H,13-14H2,1-2H3/b18-11+/t15-/m1/s1. The molecule has 2 aromatic rings. The molecule has 0 aliphatic heterocycles. The van der Waals surface area contributed by atoms with E-state index in [-0.39, 0.29) is 12.2 Å². The Morgan fingerprint density at radius 1 is 1.19 bits per heavy atom. The third kappa shape index (κ3) is 6.78. The minimum Gasteiger partial charge on any atom is -0.489 e. The van der Waals surface area contributed by atoms with Gasteiger partial charge in [-0.1, -0.05) is 35.9 Å². The summed E-state index contributed by atoms with van der Waals surface area (Å²) in [6, 6.07) is 16.4. The Morgan fingerprint density at radius 3 is 2.44 bits per heavy atom. The Kier molecular flexibility index (Phi) is 7.87. The normalized spacial score (nSPS) is 12.1. The molecular weight excluding hydrogens is 366 g/mol. The van der Waals surface area contributed by atoms with E-state index < -0.39 is 12.1 Å². The molecule has 0 bridgehead atoms. The van der Waals surface area contributed by atoms with E-state index in [0.29, 0.717) is 22.9 Å².